The van der Waals surface area contributed by atoms with Gasteiger partial charge in [-0.15, -0.1) is 5.10 Å². The number of carbonyl (C=O) groups excluding carboxylic acids is 3. The number of ether oxygens (including phenoxy) is 2. The number of nitrogens with zero attached hydrogens (tertiary/aromatic N) is 2. The average Bonchev–Trinajstić information content (AvgIpc) is 3.12. The first-order chi connectivity index (χ1) is 18.0. The fourth-order valence-electron chi connectivity index (χ4n) is 3.70. The number of alkyl carbamates (subject to hydrolysis) is 1. The number of hydrogen-bond donors (Lipinski definition) is 3. The van der Waals surface area contributed by atoms with Gasteiger partial charge in [0.1, 0.15) is 11.2 Å². The highest BCUT2D eigenvalue weighted by molar-refractivity contribution is 6.42. The number of anilines is 2. The Kier molecular flexibility index (Phi) is 9.02. The number of carbonyl (C=O) groups is 3. The molecular weight excluding hydrogens is 545 g/mol. The van der Waals surface area contributed by atoms with Crippen LogP contribution in [0.2, 0.25) is 10.0 Å². The van der Waals surface area contributed by atoms with E-state index in [1.807, 2.05) is 0 Å². The summed E-state index contributed by atoms with van der Waals surface area (Å²) < 4.78 is 11.8. The summed E-state index contributed by atoms with van der Waals surface area (Å²) in [4.78, 5) is 38.1. The van der Waals surface area contributed by atoms with Gasteiger partial charge in [0.25, 0.3) is 0 Å². The number of hydrogen-bond acceptors (Lipinski definition) is 7. The zero-order valence-corrected chi connectivity index (χ0v) is 24.2. The topological polar surface area (TPSA) is 138 Å². The largest absolute Gasteiger partial charge is 0.444 e. The van der Waals surface area contributed by atoms with Crippen molar-refractivity contribution in [3.63, 3.8) is 0 Å². The first kappa shape index (κ1) is 30.0. The molecule has 10 nitrogen and oxygen atoms in total. The third-order valence-electron chi connectivity index (χ3n) is 5.31. The van der Waals surface area contributed by atoms with E-state index in [-0.39, 0.29) is 24.7 Å². The Morgan fingerprint density at radius 2 is 1.64 bits per heavy atom. The van der Waals surface area contributed by atoms with E-state index in [2.05, 4.69) is 15.7 Å². The standard InChI is InChI=1S/C27H33Cl2N5O5/c1-26(2,3)38-24(36)31-12-11-17(15-7-9-19(28)20(29)13-15)23(35)32-16-8-10-21-18(14-16)22(30)33-34(21)25(37)39-27(4,5)6/h7-10,13-14,17H,11-12H2,1-6H3,(H2,30,33)(H,31,36)(H,32,35). The Labute approximate surface area is 237 Å². The number of nitrogens with one attached hydrogen (secondary N) is 2. The molecule has 0 spiro atoms. The van der Waals surface area contributed by atoms with Crippen molar-refractivity contribution in [3.8, 4) is 0 Å². The second-order valence-electron chi connectivity index (χ2n) is 10.9. The van der Waals surface area contributed by atoms with Gasteiger partial charge >= 0.3 is 12.2 Å². The summed E-state index contributed by atoms with van der Waals surface area (Å²) in [7, 11) is 0. The molecule has 0 aliphatic carbocycles. The highest BCUT2D eigenvalue weighted by Gasteiger charge is 2.25. The van der Waals surface area contributed by atoms with Crippen molar-refractivity contribution in [2.75, 3.05) is 17.6 Å². The van der Waals surface area contributed by atoms with Gasteiger partial charge in [0.15, 0.2) is 5.82 Å². The molecule has 1 aromatic heterocycles. The monoisotopic (exact) mass is 577 g/mol. The molecule has 1 heterocycles. The summed E-state index contributed by atoms with van der Waals surface area (Å²) >= 11 is 12.3. The molecule has 0 fully saturated rings. The molecule has 2 amide bonds. The lowest BCUT2D eigenvalue weighted by Gasteiger charge is -2.21. The summed E-state index contributed by atoms with van der Waals surface area (Å²) in [5.74, 6) is -0.932. The molecule has 4 N–H and O–H groups in total. The lowest BCUT2D eigenvalue weighted by molar-refractivity contribution is -0.117. The SMILES string of the molecule is CC(C)(C)OC(=O)NCCC(C(=O)Nc1ccc2c(c1)c(N)nn2C(=O)OC(C)(C)C)c1ccc(Cl)c(Cl)c1. The van der Waals surface area contributed by atoms with E-state index >= 15 is 0 Å². The van der Waals surface area contributed by atoms with Gasteiger partial charge in [-0.1, -0.05) is 29.3 Å². The van der Waals surface area contributed by atoms with Gasteiger partial charge in [-0.05, 0) is 83.9 Å². The lowest BCUT2D eigenvalue weighted by Crippen LogP contribution is -2.34. The summed E-state index contributed by atoms with van der Waals surface area (Å²) in [6, 6.07) is 9.81. The highest BCUT2D eigenvalue weighted by Crippen LogP contribution is 2.30. The molecule has 39 heavy (non-hydrogen) atoms. The fraction of sp³-hybridized carbons (Fsp3) is 0.407. The molecule has 3 aromatic rings. The number of nitrogens with two attached hydrogens (primary N) is 1. The van der Waals surface area contributed by atoms with Crippen LogP contribution in [0.4, 0.5) is 21.1 Å². The van der Waals surface area contributed by atoms with Crippen LogP contribution in [0.1, 0.15) is 59.4 Å². The van der Waals surface area contributed by atoms with Gasteiger partial charge < -0.3 is 25.8 Å². The lowest BCUT2D eigenvalue weighted by atomic mass is 9.94. The fourth-order valence-corrected chi connectivity index (χ4v) is 4.01. The van der Waals surface area contributed by atoms with E-state index in [1.54, 1.807) is 77.9 Å². The molecule has 2 aromatic carbocycles. The normalized spacial score (nSPS) is 12.6. The van der Waals surface area contributed by atoms with Gasteiger partial charge in [0.05, 0.1) is 21.5 Å². The molecule has 12 heteroatoms. The number of nitrogen functional groups attached to an aromatic ring is 1. The van der Waals surface area contributed by atoms with Gasteiger partial charge in [-0.2, -0.15) is 4.68 Å². The minimum absolute atomic E-state index is 0.106. The van der Waals surface area contributed by atoms with E-state index in [9.17, 15) is 14.4 Å². The van der Waals surface area contributed by atoms with Crippen LogP contribution in [-0.4, -0.2) is 45.6 Å². The van der Waals surface area contributed by atoms with Gasteiger partial charge in [-0.3, -0.25) is 4.79 Å². The van der Waals surface area contributed by atoms with Crippen LogP contribution in [0.3, 0.4) is 0 Å². The predicted molar refractivity (Wildman–Crippen MR) is 152 cm³/mol. The van der Waals surface area contributed by atoms with E-state index in [4.69, 9.17) is 38.4 Å². The first-order valence-corrected chi connectivity index (χ1v) is 13.0. The number of rotatable bonds is 6. The first-order valence-electron chi connectivity index (χ1n) is 12.3. The Morgan fingerprint density at radius 3 is 2.26 bits per heavy atom. The number of amides is 2. The van der Waals surface area contributed by atoms with Gasteiger partial charge in [0, 0.05) is 17.6 Å². The smallest absolute Gasteiger partial charge is 0.435 e. The maximum atomic E-state index is 13.4. The van der Waals surface area contributed by atoms with Crippen molar-refractivity contribution in [2.45, 2.75) is 65.1 Å². The molecule has 1 unspecified atom stereocenters. The zero-order chi connectivity index (χ0) is 29.1. The van der Waals surface area contributed by atoms with Crippen LogP contribution in [0, 0.1) is 0 Å². The summed E-state index contributed by atoms with van der Waals surface area (Å²) in [6.07, 6.45) is -0.999. The van der Waals surface area contributed by atoms with Crippen molar-refractivity contribution in [1.82, 2.24) is 15.1 Å². The average molecular weight is 578 g/mol. The Hall–Kier alpha value is -3.50. The van der Waals surface area contributed by atoms with Crippen molar-refractivity contribution in [1.29, 1.82) is 0 Å². The van der Waals surface area contributed by atoms with Crippen LogP contribution in [-0.2, 0) is 14.3 Å². The highest BCUT2D eigenvalue weighted by atomic mass is 35.5. The van der Waals surface area contributed by atoms with E-state index in [0.717, 1.165) is 4.68 Å². The summed E-state index contributed by atoms with van der Waals surface area (Å²) in [6.45, 7) is 10.7. The third kappa shape index (κ3) is 8.24. The second kappa shape index (κ2) is 11.7. The summed E-state index contributed by atoms with van der Waals surface area (Å²) in [5.41, 5.74) is 6.19. The number of halogens is 2. The molecule has 0 saturated heterocycles. The third-order valence-corrected chi connectivity index (χ3v) is 6.05. The molecule has 0 radical (unpaired) electrons. The van der Waals surface area contributed by atoms with Crippen molar-refractivity contribution < 1.29 is 23.9 Å². The van der Waals surface area contributed by atoms with Crippen LogP contribution < -0.4 is 16.4 Å². The summed E-state index contributed by atoms with van der Waals surface area (Å²) in [5, 5.41) is 10.8. The van der Waals surface area contributed by atoms with Gasteiger partial charge in [0.2, 0.25) is 5.91 Å². The van der Waals surface area contributed by atoms with Crippen molar-refractivity contribution in [2.24, 2.45) is 0 Å². The number of fused-ring (bicyclic) bond motifs is 1. The minimum Gasteiger partial charge on any atom is -0.444 e. The van der Waals surface area contributed by atoms with Crippen molar-refractivity contribution >= 4 is 63.7 Å². The maximum absolute atomic E-state index is 13.4. The number of benzene rings is 2. The Morgan fingerprint density at radius 1 is 0.974 bits per heavy atom. The Bertz CT molecular complexity index is 1390. The van der Waals surface area contributed by atoms with Crippen LogP contribution in [0.25, 0.3) is 10.9 Å². The van der Waals surface area contributed by atoms with Crippen LogP contribution in [0.15, 0.2) is 36.4 Å². The van der Waals surface area contributed by atoms with Crippen LogP contribution >= 0.6 is 23.2 Å². The second-order valence-corrected chi connectivity index (χ2v) is 11.8. The molecule has 0 aliphatic heterocycles. The molecule has 0 bridgehead atoms. The maximum Gasteiger partial charge on any atom is 0.435 e. The quantitative estimate of drug-likeness (QED) is 0.310. The van der Waals surface area contributed by atoms with Crippen molar-refractivity contribution in [3.05, 3.63) is 52.0 Å². The Balaban J connectivity index is 1.82. The van der Waals surface area contributed by atoms with Gasteiger partial charge in [-0.25, -0.2) is 9.59 Å². The molecule has 210 valence electrons. The van der Waals surface area contributed by atoms with E-state index in [0.29, 0.717) is 32.2 Å². The zero-order valence-electron chi connectivity index (χ0n) is 22.7. The predicted octanol–water partition coefficient (Wildman–Crippen LogP) is 6.35. The molecule has 1 atom stereocenters. The van der Waals surface area contributed by atoms with Crippen LogP contribution in [0.5, 0.6) is 0 Å². The molecule has 3 rings (SSSR count). The molecule has 0 saturated carbocycles. The van der Waals surface area contributed by atoms with E-state index < -0.39 is 29.3 Å². The minimum atomic E-state index is -0.712. The molecule has 0 aliphatic rings. The number of aromatic nitrogens is 2. The van der Waals surface area contributed by atoms with E-state index in [1.165, 1.54) is 0 Å². The molecular formula is C27H33Cl2N5O5.